The van der Waals surface area contributed by atoms with E-state index in [4.69, 9.17) is 0 Å². The summed E-state index contributed by atoms with van der Waals surface area (Å²) in [5.74, 6) is -0.235. The van der Waals surface area contributed by atoms with Crippen LogP contribution in [-0.4, -0.2) is 40.6 Å². The fraction of sp³-hybridized carbons (Fsp3) is 0.267. The van der Waals surface area contributed by atoms with E-state index in [0.717, 1.165) is 46.4 Å². The molecule has 0 N–H and O–H groups in total. The Morgan fingerprint density at radius 1 is 1.00 bits per heavy atom. The highest BCUT2D eigenvalue weighted by Gasteiger charge is 2.72. The largest absolute Gasteiger partial charge is 0.260 e. The Bertz CT molecular complexity index is 1780. The van der Waals surface area contributed by atoms with Crippen LogP contribution in [0.3, 0.4) is 0 Å². The summed E-state index contributed by atoms with van der Waals surface area (Å²) in [6.07, 6.45) is 13.5. The maximum Gasteiger partial charge on any atom is 0.244 e. The van der Waals surface area contributed by atoms with Gasteiger partial charge < -0.3 is 0 Å². The first-order valence-corrected chi connectivity index (χ1v) is 14.4. The lowest BCUT2D eigenvalue weighted by atomic mass is 9.83. The van der Waals surface area contributed by atoms with Gasteiger partial charge in [-0.1, -0.05) is 24.3 Å². The fourth-order valence-corrected chi connectivity index (χ4v) is 8.46. The van der Waals surface area contributed by atoms with Crippen LogP contribution in [0.25, 0.3) is 16.6 Å². The summed E-state index contributed by atoms with van der Waals surface area (Å²) in [6, 6.07) is 11.5. The van der Waals surface area contributed by atoms with Crippen LogP contribution in [0.1, 0.15) is 17.5 Å². The molecule has 2 aromatic heterocycles. The number of halogens is 2. The lowest BCUT2D eigenvalue weighted by Crippen LogP contribution is -2.36. The first kappa shape index (κ1) is 24.4. The molecule has 1 unspecified atom stereocenters. The van der Waals surface area contributed by atoms with Crippen molar-refractivity contribution in [3.8, 4) is 5.69 Å². The number of allylic oxidation sites excluding steroid dienone is 4. The molecular weight excluding hydrogens is 518 g/mol. The molecule has 1 saturated carbocycles. The Morgan fingerprint density at radius 2 is 1.82 bits per heavy atom. The van der Waals surface area contributed by atoms with E-state index in [0.29, 0.717) is 24.9 Å². The molecule has 3 heterocycles. The first-order valence-electron chi connectivity index (χ1n) is 13.0. The van der Waals surface area contributed by atoms with E-state index in [-0.39, 0.29) is 22.0 Å². The monoisotopic (exact) mass is 544 g/mol. The third-order valence-corrected chi connectivity index (χ3v) is 10.5. The van der Waals surface area contributed by atoms with Crippen molar-refractivity contribution in [3.63, 3.8) is 0 Å². The number of aryl methyl sites for hydroxylation is 1. The van der Waals surface area contributed by atoms with E-state index >= 15 is 0 Å². The summed E-state index contributed by atoms with van der Waals surface area (Å²) in [4.78, 5) is 3.65. The predicted octanol–water partition coefficient (Wildman–Crippen LogP) is 5.33. The smallest absolute Gasteiger partial charge is 0.244 e. The number of hydrogen-bond donors (Lipinski definition) is 0. The predicted molar refractivity (Wildman–Crippen MR) is 144 cm³/mol. The molecule has 0 spiro atoms. The molecule has 39 heavy (non-hydrogen) atoms. The molecule has 2 aromatic carbocycles. The van der Waals surface area contributed by atoms with Gasteiger partial charge in [-0.25, -0.2) is 21.9 Å². The van der Waals surface area contributed by atoms with E-state index in [1.165, 1.54) is 22.6 Å². The minimum atomic E-state index is -3.90. The molecule has 6 nitrogen and oxygen atoms in total. The van der Waals surface area contributed by atoms with Crippen LogP contribution in [0.2, 0.25) is 0 Å². The van der Waals surface area contributed by atoms with Crippen LogP contribution >= 0.6 is 0 Å². The van der Waals surface area contributed by atoms with Gasteiger partial charge in [-0.2, -0.15) is 9.40 Å². The number of benzene rings is 2. The molecule has 0 radical (unpaired) electrons. The SMILES string of the molecule is Cc1cc2c(cnn2-c2ccc(F)cc2)cc1[C@@]12CN(S(=O)(=O)c3cncc(F)c3)C[C@@H]1[C@H]2C1C=CC=CC1. The van der Waals surface area contributed by atoms with Gasteiger partial charge in [0, 0.05) is 30.1 Å². The highest BCUT2D eigenvalue weighted by atomic mass is 32.2. The van der Waals surface area contributed by atoms with Gasteiger partial charge in [-0.3, -0.25) is 4.98 Å². The van der Waals surface area contributed by atoms with Crippen molar-refractivity contribution in [1.29, 1.82) is 0 Å². The van der Waals surface area contributed by atoms with E-state index in [2.05, 4.69) is 53.4 Å². The minimum absolute atomic E-state index is 0.122. The minimum Gasteiger partial charge on any atom is -0.260 e. The van der Waals surface area contributed by atoms with Gasteiger partial charge in [-0.15, -0.1) is 0 Å². The maximum absolute atomic E-state index is 13.9. The number of pyridine rings is 1. The summed E-state index contributed by atoms with van der Waals surface area (Å²) in [7, 11) is -3.90. The molecule has 0 amide bonds. The zero-order valence-corrected chi connectivity index (χ0v) is 22.0. The van der Waals surface area contributed by atoms with Gasteiger partial charge in [0.1, 0.15) is 16.5 Å². The lowest BCUT2D eigenvalue weighted by Gasteiger charge is -2.27. The van der Waals surface area contributed by atoms with Crippen molar-refractivity contribution >= 4 is 20.9 Å². The zero-order chi connectivity index (χ0) is 26.9. The fourth-order valence-electron chi connectivity index (χ4n) is 6.97. The van der Waals surface area contributed by atoms with E-state index in [9.17, 15) is 17.2 Å². The molecule has 4 atom stereocenters. The third-order valence-electron chi connectivity index (χ3n) is 8.70. The highest BCUT2D eigenvalue weighted by molar-refractivity contribution is 7.89. The normalized spacial score (nSPS) is 26.3. The molecule has 3 aliphatic rings. The Labute approximate surface area is 225 Å². The van der Waals surface area contributed by atoms with Crippen LogP contribution in [0.4, 0.5) is 8.78 Å². The Kier molecular flexibility index (Phi) is 5.41. The summed E-state index contributed by atoms with van der Waals surface area (Å²) in [5, 5.41) is 5.51. The lowest BCUT2D eigenvalue weighted by molar-refractivity contribution is 0.360. The number of piperidine rings is 1. The van der Waals surface area contributed by atoms with Crippen molar-refractivity contribution < 1.29 is 17.2 Å². The third kappa shape index (κ3) is 3.71. The summed E-state index contributed by atoms with van der Waals surface area (Å²) in [5.41, 5.74) is 3.49. The molecule has 9 heteroatoms. The zero-order valence-electron chi connectivity index (χ0n) is 21.2. The molecule has 4 aromatic rings. The number of fused-ring (bicyclic) bond motifs is 2. The number of sulfonamides is 1. The van der Waals surface area contributed by atoms with Gasteiger partial charge in [-0.05, 0) is 84.7 Å². The average Bonchev–Trinajstić information content (AvgIpc) is 3.19. The molecule has 2 aliphatic carbocycles. The van der Waals surface area contributed by atoms with Gasteiger partial charge >= 0.3 is 0 Å². The molecule has 2 fully saturated rings. The van der Waals surface area contributed by atoms with E-state index < -0.39 is 15.8 Å². The van der Waals surface area contributed by atoms with Crippen LogP contribution in [0.5, 0.6) is 0 Å². The highest BCUT2D eigenvalue weighted by Crippen LogP contribution is 2.69. The van der Waals surface area contributed by atoms with Gasteiger partial charge in [0.25, 0.3) is 0 Å². The van der Waals surface area contributed by atoms with Crippen molar-refractivity contribution in [1.82, 2.24) is 19.1 Å². The molecule has 7 rings (SSSR count). The standard InChI is InChI=1S/C30H26F2N4O2S/c1-19-11-28-21(14-34-36(28)24-9-7-22(31)8-10-24)12-26(19)30-18-35(39(37,38)25-13-23(32)15-33-16-25)17-27(30)29(30)20-5-3-2-4-6-20/h2-5,7-16,20,27,29H,6,17-18H2,1H3/t20?,27-,29-,30+/m1/s1. The van der Waals surface area contributed by atoms with E-state index in [1.807, 2.05) is 0 Å². The van der Waals surface area contributed by atoms with Crippen molar-refractivity contribution in [2.75, 3.05) is 13.1 Å². The van der Waals surface area contributed by atoms with Gasteiger partial charge in [0.15, 0.2) is 0 Å². The molecule has 1 aliphatic heterocycles. The molecular formula is C30H26F2N4O2S. The first-order chi connectivity index (χ1) is 18.8. The van der Waals surface area contributed by atoms with Crippen LogP contribution in [-0.2, 0) is 15.4 Å². The van der Waals surface area contributed by atoms with Gasteiger partial charge in [0.2, 0.25) is 10.0 Å². The quantitative estimate of drug-likeness (QED) is 0.341. The number of rotatable bonds is 5. The Morgan fingerprint density at radius 3 is 2.56 bits per heavy atom. The summed E-state index contributed by atoms with van der Waals surface area (Å²) >= 11 is 0. The van der Waals surface area contributed by atoms with E-state index in [1.54, 1.807) is 23.0 Å². The summed E-state index contributed by atoms with van der Waals surface area (Å²) < 4.78 is 57.8. The van der Waals surface area contributed by atoms with Crippen LogP contribution < -0.4 is 0 Å². The number of nitrogens with zero attached hydrogens (tertiary/aromatic N) is 4. The number of hydrogen-bond acceptors (Lipinski definition) is 4. The van der Waals surface area contributed by atoms with Crippen molar-refractivity contribution in [2.45, 2.75) is 23.7 Å². The second kappa shape index (κ2) is 8.66. The summed E-state index contributed by atoms with van der Waals surface area (Å²) in [6.45, 7) is 2.76. The molecule has 0 bridgehead atoms. The second-order valence-corrected chi connectivity index (χ2v) is 12.7. The van der Waals surface area contributed by atoms with Crippen molar-refractivity contribution in [3.05, 3.63) is 108 Å². The second-order valence-electron chi connectivity index (χ2n) is 10.8. The van der Waals surface area contributed by atoms with Crippen LogP contribution in [0, 0.1) is 36.3 Å². The Balaban J connectivity index is 1.31. The maximum atomic E-state index is 13.9. The average molecular weight is 545 g/mol. The van der Waals surface area contributed by atoms with Crippen molar-refractivity contribution in [2.24, 2.45) is 17.8 Å². The molecule has 198 valence electrons. The Hall–Kier alpha value is -3.69. The van der Waals surface area contributed by atoms with Gasteiger partial charge in [0.05, 0.1) is 23.6 Å². The van der Waals surface area contributed by atoms with Crippen LogP contribution in [0.15, 0.2) is 90.3 Å². The number of aromatic nitrogens is 3. The molecule has 1 saturated heterocycles. The topological polar surface area (TPSA) is 68.1 Å².